The largest absolute Gasteiger partial charge is 0.391 e. The van der Waals surface area contributed by atoms with Gasteiger partial charge in [-0.25, -0.2) is 0 Å². The second kappa shape index (κ2) is 16.3. The summed E-state index contributed by atoms with van der Waals surface area (Å²) >= 11 is 1.74. The van der Waals surface area contributed by atoms with Crippen molar-refractivity contribution in [2.75, 3.05) is 45.0 Å². The van der Waals surface area contributed by atoms with Gasteiger partial charge in [0.1, 0.15) is 0 Å². The molecule has 35 heavy (non-hydrogen) atoms. The van der Waals surface area contributed by atoms with Gasteiger partial charge in [-0.2, -0.15) is 0 Å². The van der Waals surface area contributed by atoms with Crippen LogP contribution in [0, 0.1) is 0 Å². The summed E-state index contributed by atoms with van der Waals surface area (Å²) in [5.41, 5.74) is 2.83. The lowest BCUT2D eigenvalue weighted by Crippen LogP contribution is -2.49. The van der Waals surface area contributed by atoms with Crippen LogP contribution in [0.5, 0.6) is 0 Å². The molecule has 3 nitrogen and oxygen atoms in total. The fraction of sp³-hybridized carbons (Fsp3) is 0.379. The molecule has 1 saturated heterocycles. The summed E-state index contributed by atoms with van der Waals surface area (Å²) in [5, 5.41) is 10.5. The quantitative estimate of drug-likeness (QED) is 0.297. The van der Waals surface area contributed by atoms with E-state index in [1.807, 2.05) is 6.07 Å². The van der Waals surface area contributed by atoms with E-state index in [0.29, 0.717) is 5.92 Å². The lowest BCUT2D eigenvalue weighted by atomic mass is 9.87. The third-order valence-electron chi connectivity index (χ3n) is 6.49. The molecule has 1 unspecified atom stereocenters. The summed E-state index contributed by atoms with van der Waals surface area (Å²) in [6, 6.07) is 32.2. The van der Waals surface area contributed by atoms with Gasteiger partial charge >= 0.3 is 0 Å². The molecule has 1 fully saturated rings. The van der Waals surface area contributed by atoms with Gasteiger partial charge in [0.2, 0.25) is 0 Å². The molecule has 3 aromatic carbocycles. The predicted octanol–water partition coefficient (Wildman–Crippen LogP) is 6.21. The van der Waals surface area contributed by atoms with Gasteiger partial charge < -0.3 is 10.0 Å². The predicted molar refractivity (Wildman–Crippen MR) is 155 cm³/mol. The third-order valence-corrected chi connectivity index (χ3v) is 7.65. The first-order valence-corrected chi connectivity index (χ1v) is 13.2. The van der Waals surface area contributed by atoms with Crippen LogP contribution in [0.2, 0.25) is 0 Å². The van der Waals surface area contributed by atoms with Gasteiger partial charge in [-0.15, -0.1) is 36.6 Å². The van der Waals surface area contributed by atoms with Crippen LogP contribution in [0.4, 0.5) is 0 Å². The first kappa shape index (κ1) is 29.7. The fourth-order valence-corrected chi connectivity index (χ4v) is 5.51. The summed E-state index contributed by atoms with van der Waals surface area (Å²) in [4.78, 5) is 6.24. The molecular weight excluding hydrogens is 495 g/mol. The van der Waals surface area contributed by atoms with Gasteiger partial charge in [-0.3, -0.25) is 4.90 Å². The fourth-order valence-electron chi connectivity index (χ4n) is 4.67. The molecule has 0 spiro atoms. The topological polar surface area (TPSA) is 26.7 Å². The number of piperazine rings is 1. The van der Waals surface area contributed by atoms with Gasteiger partial charge in [0, 0.05) is 49.3 Å². The Labute approximate surface area is 227 Å². The maximum absolute atomic E-state index is 10.5. The molecule has 1 atom stereocenters. The molecule has 1 N–H and O–H groups in total. The van der Waals surface area contributed by atoms with E-state index in [9.17, 15) is 5.11 Å². The first-order chi connectivity index (χ1) is 16.3. The number of thioether (sulfide) groups is 1. The van der Waals surface area contributed by atoms with Crippen molar-refractivity contribution >= 4 is 36.6 Å². The molecule has 0 bridgehead atoms. The van der Waals surface area contributed by atoms with E-state index in [1.54, 1.807) is 11.8 Å². The van der Waals surface area contributed by atoms with Crippen molar-refractivity contribution in [3.8, 4) is 0 Å². The molecule has 1 aliphatic rings. The van der Waals surface area contributed by atoms with Crippen LogP contribution in [0.25, 0.3) is 0 Å². The minimum atomic E-state index is -0.278. The van der Waals surface area contributed by atoms with Crippen molar-refractivity contribution in [1.29, 1.82) is 0 Å². The molecule has 0 aromatic heterocycles. The molecule has 0 amide bonds. The molecule has 1 aliphatic heterocycles. The second-order valence-corrected chi connectivity index (χ2v) is 10.0. The van der Waals surface area contributed by atoms with Gasteiger partial charge in [0.15, 0.2) is 0 Å². The van der Waals surface area contributed by atoms with Crippen LogP contribution in [0.1, 0.15) is 29.9 Å². The van der Waals surface area contributed by atoms with Crippen molar-refractivity contribution < 1.29 is 5.11 Å². The van der Waals surface area contributed by atoms with Crippen molar-refractivity contribution in [3.05, 3.63) is 102 Å². The highest BCUT2D eigenvalue weighted by atomic mass is 35.5. The normalized spacial score (nSPS) is 15.3. The Hall–Kier alpha value is -1.53. The Kier molecular flexibility index (Phi) is 13.8. The lowest BCUT2D eigenvalue weighted by Gasteiger charge is -2.35. The summed E-state index contributed by atoms with van der Waals surface area (Å²) < 4.78 is 0. The number of hydrogen-bond acceptors (Lipinski definition) is 4. The molecule has 190 valence electrons. The SMILES string of the molecule is Cl.Cl.OC(CSc1ccccc1)CN1CCN(CCCC(c2ccccc2)c2ccccc2)CC1. The van der Waals surface area contributed by atoms with Crippen molar-refractivity contribution in [2.45, 2.75) is 29.8 Å². The summed E-state index contributed by atoms with van der Waals surface area (Å²) in [7, 11) is 0. The zero-order chi connectivity index (χ0) is 22.7. The number of aliphatic hydroxyl groups is 1. The van der Waals surface area contributed by atoms with E-state index in [2.05, 4.69) is 94.7 Å². The number of halogens is 2. The number of rotatable bonds is 11. The monoisotopic (exact) mass is 532 g/mol. The van der Waals surface area contributed by atoms with E-state index in [1.165, 1.54) is 28.9 Å². The number of nitrogens with zero attached hydrogens (tertiary/aromatic N) is 2. The Bertz CT molecular complexity index is 886. The molecule has 0 radical (unpaired) electrons. The molecule has 1 heterocycles. The molecule has 6 heteroatoms. The van der Waals surface area contributed by atoms with E-state index in [-0.39, 0.29) is 30.9 Å². The average Bonchev–Trinajstić information content (AvgIpc) is 2.88. The van der Waals surface area contributed by atoms with Crippen LogP contribution in [0.3, 0.4) is 0 Å². The summed E-state index contributed by atoms with van der Waals surface area (Å²) in [6.07, 6.45) is 2.09. The smallest absolute Gasteiger partial charge is 0.0760 e. The maximum atomic E-state index is 10.5. The van der Waals surface area contributed by atoms with Gasteiger partial charge in [0.25, 0.3) is 0 Å². The zero-order valence-corrected chi connectivity index (χ0v) is 22.7. The van der Waals surface area contributed by atoms with E-state index in [4.69, 9.17) is 0 Å². The van der Waals surface area contributed by atoms with Crippen LogP contribution >= 0.6 is 36.6 Å². The Balaban J connectivity index is 0.00000216. The van der Waals surface area contributed by atoms with Crippen molar-refractivity contribution in [1.82, 2.24) is 9.80 Å². The minimum Gasteiger partial charge on any atom is -0.391 e. The molecule has 0 saturated carbocycles. The molecule has 0 aliphatic carbocycles. The Morgan fingerprint density at radius 2 is 1.17 bits per heavy atom. The highest BCUT2D eigenvalue weighted by Gasteiger charge is 2.20. The van der Waals surface area contributed by atoms with Crippen LogP contribution in [-0.2, 0) is 0 Å². The van der Waals surface area contributed by atoms with Crippen molar-refractivity contribution in [3.63, 3.8) is 0 Å². The second-order valence-electron chi connectivity index (χ2n) is 8.94. The molecular formula is C29H38Cl2N2OS. The Morgan fingerprint density at radius 1 is 0.686 bits per heavy atom. The third kappa shape index (κ3) is 9.80. The standard InChI is InChI=1S/C29H36N2OS.2ClH/c32-27(24-33-28-15-8-3-9-16-28)23-31-21-19-30(20-22-31)18-10-17-29(25-11-4-1-5-12-25)26-13-6-2-7-14-26;;/h1-9,11-16,27,29,32H,10,17-24H2;2*1H. The van der Waals surface area contributed by atoms with Crippen LogP contribution in [0.15, 0.2) is 95.9 Å². The van der Waals surface area contributed by atoms with Crippen molar-refractivity contribution in [2.24, 2.45) is 0 Å². The summed E-state index contributed by atoms with van der Waals surface area (Å²) in [6.45, 7) is 6.22. The number of hydrogen-bond donors (Lipinski definition) is 1. The zero-order valence-electron chi connectivity index (χ0n) is 20.2. The molecule has 3 aromatic rings. The highest BCUT2D eigenvalue weighted by Crippen LogP contribution is 2.29. The maximum Gasteiger partial charge on any atom is 0.0760 e. The highest BCUT2D eigenvalue weighted by molar-refractivity contribution is 7.99. The summed E-state index contributed by atoms with van der Waals surface area (Å²) in [5.74, 6) is 1.22. The number of benzene rings is 3. The van der Waals surface area contributed by atoms with Gasteiger partial charge in [-0.1, -0.05) is 78.9 Å². The van der Waals surface area contributed by atoms with Gasteiger partial charge in [0.05, 0.1) is 6.10 Å². The lowest BCUT2D eigenvalue weighted by molar-refractivity contribution is 0.0819. The van der Waals surface area contributed by atoms with Crippen LogP contribution < -0.4 is 0 Å². The van der Waals surface area contributed by atoms with Crippen LogP contribution in [-0.4, -0.2) is 66.0 Å². The van der Waals surface area contributed by atoms with E-state index < -0.39 is 0 Å². The number of aliphatic hydroxyl groups excluding tert-OH is 1. The van der Waals surface area contributed by atoms with E-state index >= 15 is 0 Å². The Morgan fingerprint density at radius 3 is 1.71 bits per heavy atom. The number of β-amino-alcohol motifs (C(OH)–C–C–N with tert-alkyl or cyclic N) is 1. The average molecular weight is 534 g/mol. The first-order valence-electron chi connectivity index (χ1n) is 12.2. The van der Waals surface area contributed by atoms with Gasteiger partial charge in [-0.05, 0) is 42.6 Å². The van der Waals surface area contributed by atoms with E-state index in [0.717, 1.165) is 45.0 Å². The minimum absolute atomic E-state index is 0. The molecule has 4 rings (SSSR count).